The summed E-state index contributed by atoms with van der Waals surface area (Å²) >= 11 is 0. The Morgan fingerprint density at radius 1 is 1.08 bits per heavy atom. The summed E-state index contributed by atoms with van der Waals surface area (Å²) in [6.07, 6.45) is -0.0478. The fourth-order valence-corrected chi connectivity index (χ4v) is 2.52. The molecule has 0 spiro atoms. The zero-order valence-corrected chi connectivity index (χ0v) is 16.2. The van der Waals surface area contributed by atoms with Gasteiger partial charge >= 0.3 is 16.4 Å². The maximum atomic E-state index is 13.0. The number of nitrogens with one attached hydrogen (secondary N) is 1. The van der Waals surface area contributed by atoms with E-state index < -0.39 is 28.0 Å². The van der Waals surface area contributed by atoms with Crippen molar-refractivity contribution >= 4 is 16.4 Å². The van der Waals surface area contributed by atoms with E-state index in [4.69, 9.17) is 9.47 Å². The predicted molar refractivity (Wildman–Crippen MR) is 93.3 cm³/mol. The zero-order valence-electron chi connectivity index (χ0n) is 15.4. The summed E-state index contributed by atoms with van der Waals surface area (Å²) in [5, 5.41) is 0. The van der Waals surface area contributed by atoms with Gasteiger partial charge in [-0.15, -0.1) is 0 Å². The van der Waals surface area contributed by atoms with Gasteiger partial charge in [0.2, 0.25) is 0 Å². The Kier molecular flexibility index (Phi) is 6.58. The summed E-state index contributed by atoms with van der Waals surface area (Å²) in [6, 6.07) is 5.42. The third kappa shape index (κ3) is 9.40. The SMILES string of the molecule is CC(C)(C)OC(=O)C(Cc1ccc(OC(C)(C)C)cc1)NS(=O)(=O)F. The molecular weight excluding hydrogens is 349 g/mol. The largest absolute Gasteiger partial charge is 0.488 e. The van der Waals surface area contributed by atoms with Gasteiger partial charge in [-0.2, -0.15) is 13.1 Å². The third-order valence-electron chi connectivity index (χ3n) is 2.76. The Balaban J connectivity index is 2.92. The quantitative estimate of drug-likeness (QED) is 0.611. The summed E-state index contributed by atoms with van der Waals surface area (Å²) in [5.41, 5.74) is -0.542. The van der Waals surface area contributed by atoms with Crippen molar-refractivity contribution < 1.29 is 26.6 Å². The molecule has 0 fully saturated rings. The van der Waals surface area contributed by atoms with Crippen molar-refractivity contribution in [2.45, 2.75) is 65.2 Å². The Bertz CT molecular complexity index is 687. The first-order valence-electron chi connectivity index (χ1n) is 7.87. The lowest BCUT2D eigenvalue weighted by molar-refractivity contribution is -0.156. The van der Waals surface area contributed by atoms with Gasteiger partial charge in [0.25, 0.3) is 0 Å². The number of hydrogen-bond acceptors (Lipinski definition) is 5. The lowest BCUT2D eigenvalue weighted by Gasteiger charge is -2.24. The van der Waals surface area contributed by atoms with Crippen LogP contribution in [0.4, 0.5) is 3.89 Å². The third-order valence-corrected chi connectivity index (χ3v) is 3.33. The van der Waals surface area contributed by atoms with Crippen LogP contribution in [0.2, 0.25) is 0 Å². The van der Waals surface area contributed by atoms with E-state index in [0.717, 1.165) is 0 Å². The van der Waals surface area contributed by atoms with Crippen LogP contribution in [0.15, 0.2) is 24.3 Å². The maximum Gasteiger partial charge on any atom is 0.373 e. The number of carbonyl (C=O) groups excluding carboxylic acids is 1. The van der Waals surface area contributed by atoms with Gasteiger partial charge in [0.05, 0.1) is 0 Å². The molecule has 8 heteroatoms. The topological polar surface area (TPSA) is 81.7 Å². The molecule has 1 rings (SSSR count). The van der Waals surface area contributed by atoms with Crippen LogP contribution < -0.4 is 9.46 Å². The molecule has 25 heavy (non-hydrogen) atoms. The molecule has 142 valence electrons. The number of esters is 1. The molecule has 0 saturated heterocycles. The van der Waals surface area contributed by atoms with E-state index in [9.17, 15) is 17.1 Å². The highest BCUT2D eigenvalue weighted by atomic mass is 32.3. The first-order valence-corrected chi connectivity index (χ1v) is 9.26. The minimum Gasteiger partial charge on any atom is -0.488 e. The number of ether oxygens (including phenoxy) is 2. The molecule has 0 saturated carbocycles. The van der Waals surface area contributed by atoms with E-state index in [1.54, 1.807) is 49.8 Å². The van der Waals surface area contributed by atoms with E-state index >= 15 is 0 Å². The van der Waals surface area contributed by atoms with Crippen molar-refractivity contribution in [1.29, 1.82) is 0 Å². The normalized spacial score (nSPS) is 14.0. The highest BCUT2D eigenvalue weighted by Gasteiger charge is 2.29. The molecule has 1 atom stereocenters. The van der Waals surface area contributed by atoms with E-state index in [0.29, 0.717) is 11.3 Å². The Morgan fingerprint density at radius 3 is 2.00 bits per heavy atom. The molecule has 0 aliphatic carbocycles. The van der Waals surface area contributed by atoms with Crippen molar-refractivity contribution in [2.75, 3.05) is 0 Å². The summed E-state index contributed by atoms with van der Waals surface area (Å²) in [4.78, 5) is 12.2. The van der Waals surface area contributed by atoms with Gasteiger partial charge in [-0.1, -0.05) is 16.0 Å². The molecule has 0 bridgehead atoms. The zero-order chi connectivity index (χ0) is 19.5. The van der Waals surface area contributed by atoms with Crippen LogP contribution in [0.1, 0.15) is 47.1 Å². The van der Waals surface area contributed by atoms with Crippen LogP contribution in [-0.4, -0.2) is 31.6 Å². The van der Waals surface area contributed by atoms with Crippen molar-refractivity contribution in [2.24, 2.45) is 0 Å². The second-order valence-corrected chi connectivity index (χ2v) is 8.82. The average molecular weight is 375 g/mol. The van der Waals surface area contributed by atoms with Crippen molar-refractivity contribution in [3.05, 3.63) is 29.8 Å². The average Bonchev–Trinajstić information content (AvgIpc) is 2.35. The number of halogens is 1. The lowest BCUT2D eigenvalue weighted by atomic mass is 10.1. The summed E-state index contributed by atoms with van der Waals surface area (Å²) < 4.78 is 47.4. The van der Waals surface area contributed by atoms with Gasteiger partial charge in [0.1, 0.15) is 23.0 Å². The minimum atomic E-state index is -5.05. The van der Waals surface area contributed by atoms with Gasteiger partial charge < -0.3 is 9.47 Å². The fraction of sp³-hybridized carbons (Fsp3) is 0.588. The highest BCUT2D eigenvalue weighted by molar-refractivity contribution is 7.84. The Labute approximate surface area is 149 Å². The lowest BCUT2D eigenvalue weighted by Crippen LogP contribution is -2.44. The molecule has 0 amide bonds. The molecule has 6 nitrogen and oxygen atoms in total. The molecule has 0 aromatic heterocycles. The molecular formula is C17H26FNO5S. The molecule has 0 aliphatic rings. The van der Waals surface area contributed by atoms with E-state index in [2.05, 4.69) is 0 Å². The van der Waals surface area contributed by atoms with Crippen molar-refractivity contribution in [3.8, 4) is 5.75 Å². The van der Waals surface area contributed by atoms with Crippen molar-refractivity contribution in [3.63, 3.8) is 0 Å². The van der Waals surface area contributed by atoms with Crippen LogP contribution in [0, 0.1) is 0 Å². The first kappa shape index (κ1) is 21.4. The molecule has 1 aromatic rings. The molecule has 0 heterocycles. The first-order chi connectivity index (χ1) is 11.1. The van der Waals surface area contributed by atoms with E-state index in [-0.39, 0.29) is 12.0 Å². The molecule has 0 radical (unpaired) electrons. The smallest absolute Gasteiger partial charge is 0.373 e. The van der Waals surface area contributed by atoms with Gasteiger partial charge in [-0.25, -0.2) is 0 Å². The second-order valence-electron chi connectivity index (χ2n) is 7.70. The summed E-state index contributed by atoms with van der Waals surface area (Å²) in [7, 11) is -5.05. The van der Waals surface area contributed by atoms with Crippen LogP contribution >= 0.6 is 0 Å². The summed E-state index contributed by atoms with van der Waals surface area (Å²) in [5.74, 6) is -0.208. The number of benzene rings is 1. The standard InChI is InChI=1S/C17H26FNO5S/c1-16(2,3)23-13-9-7-12(8-10-13)11-14(19-25(18,21)22)15(20)24-17(4,5)6/h7-10,14,19H,11H2,1-6H3. The van der Waals surface area contributed by atoms with E-state index in [1.165, 1.54) is 0 Å². The van der Waals surface area contributed by atoms with Crippen LogP contribution in [-0.2, 0) is 26.4 Å². The van der Waals surface area contributed by atoms with Gasteiger partial charge in [-0.05, 0) is 65.7 Å². The highest BCUT2D eigenvalue weighted by Crippen LogP contribution is 2.20. The number of hydrogen-bond donors (Lipinski definition) is 1. The number of rotatable bonds is 6. The van der Waals surface area contributed by atoms with Crippen LogP contribution in [0.25, 0.3) is 0 Å². The van der Waals surface area contributed by atoms with Crippen LogP contribution in [0.5, 0.6) is 5.75 Å². The van der Waals surface area contributed by atoms with Gasteiger partial charge in [-0.3, -0.25) is 4.79 Å². The molecule has 0 aliphatic heterocycles. The minimum absolute atomic E-state index is 0.0478. The van der Waals surface area contributed by atoms with E-state index in [1.807, 2.05) is 20.8 Å². The fourth-order valence-electron chi connectivity index (χ4n) is 2.00. The molecule has 1 unspecified atom stereocenters. The monoisotopic (exact) mass is 375 g/mol. The van der Waals surface area contributed by atoms with Gasteiger partial charge in [0, 0.05) is 0 Å². The maximum absolute atomic E-state index is 13.0. The van der Waals surface area contributed by atoms with Crippen molar-refractivity contribution in [1.82, 2.24) is 4.72 Å². The Hall–Kier alpha value is -1.67. The van der Waals surface area contributed by atoms with Gasteiger partial charge in [0.15, 0.2) is 0 Å². The second kappa shape index (κ2) is 7.70. The summed E-state index contributed by atoms with van der Waals surface area (Å²) in [6.45, 7) is 10.7. The molecule has 1 aromatic carbocycles. The molecule has 1 N–H and O–H groups in total. The number of carbonyl (C=O) groups is 1. The predicted octanol–water partition coefficient (Wildman–Crippen LogP) is 2.92. The van der Waals surface area contributed by atoms with Crippen LogP contribution in [0.3, 0.4) is 0 Å². The Morgan fingerprint density at radius 2 is 1.60 bits per heavy atom.